The normalized spacial score (nSPS) is 14.9. The molecule has 2 aromatic rings. The van der Waals surface area contributed by atoms with Crippen LogP contribution in [0.2, 0.25) is 0 Å². The van der Waals surface area contributed by atoms with Gasteiger partial charge in [0.1, 0.15) is 5.82 Å². The number of thiazole rings is 1. The fraction of sp³-hybridized carbons (Fsp3) is 0.333. The van der Waals surface area contributed by atoms with E-state index in [4.69, 9.17) is 10.5 Å². The summed E-state index contributed by atoms with van der Waals surface area (Å²) in [6, 6.07) is 6.45. The molecule has 2 N–H and O–H groups in total. The van der Waals surface area contributed by atoms with Crippen LogP contribution in [-0.4, -0.2) is 44.2 Å². The molecule has 122 valence electrons. The number of carbonyl (C=O) groups is 1. The van der Waals surface area contributed by atoms with Crippen LogP contribution in [0.4, 0.5) is 21.0 Å². The average Bonchev–Trinajstić information content (AvgIpc) is 2.97. The third-order valence-corrected chi connectivity index (χ3v) is 4.62. The molecule has 2 heterocycles. The molecule has 0 radical (unpaired) electrons. The smallest absolute Gasteiger partial charge is 0.352 e. The zero-order valence-electron chi connectivity index (χ0n) is 12.7. The second-order valence-electron chi connectivity index (χ2n) is 5.15. The summed E-state index contributed by atoms with van der Waals surface area (Å²) in [5.41, 5.74) is 6.72. The molecule has 0 spiro atoms. The number of nitrogens with zero attached hydrogens (tertiary/aromatic N) is 3. The maximum Gasteiger partial charge on any atom is 0.352 e. The van der Waals surface area contributed by atoms with Crippen molar-refractivity contribution in [1.29, 1.82) is 0 Å². The number of halogens is 1. The quantitative estimate of drug-likeness (QED) is 0.864. The number of nitrogen functional groups attached to an aromatic ring is 1. The highest BCUT2D eigenvalue weighted by Crippen LogP contribution is 2.30. The SMILES string of the molecule is COC(=O)c1sc(N)nc1N1CCN(c2ccc(F)cc2)CC1. The Hall–Kier alpha value is -2.35. The van der Waals surface area contributed by atoms with Crippen LogP contribution in [0.15, 0.2) is 24.3 Å². The van der Waals surface area contributed by atoms with Gasteiger partial charge in [-0.3, -0.25) is 0 Å². The molecule has 1 aromatic carbocycles. The number of esters is 1. The molecule has 3 rings (SSSR count). The maximum atomic E-state index is 13.0. The monoisotopic (exact) mass is 336 g/mol. The first kappa shape index (κ1) is 15.5. The lowest BCUT2D eigenvalue weighted by Crippen LogP contribution is -2.47. The van der Waals surface area contributed by atoms with Crippen molar-refractivity contribution in [2.75, 3.05) is 48.8 Å². The summed E-state index contributed by atoms with van der Waals surface area (Å²) in [4.78, 5) is 20.7. The van der Waals surface area contributed by atoms with E-state index in [0.29, 0.717) is 28.9 Å². The zero-order chi connectivity index (χ0) is 16.4. The number of benzene rings is 1. The number of rotatable bonds is 3. The van der Waals surface area contributed by atoms with Gasteiger partial charge in [-0.05, 0) is 24.3 Å². The molecule has 0 atom stereocenters. The van der Waals surface area contributed by atoms with Crippen molar-refractivity contribution < 1.29 is 13.9 Å². The van der Waals surface area contributed by atoms with Gasteiger partial charge in [0, 0.05) is 31.9 Å². The third kappa shape index (κ3) is 3.21. The molecule has 1 aliphatic rings. The molecule has 0 aliphatic carbocycles. The first-order chi connectivity index (χ1) is 11.1. The number of methoxy groups -OCH3 is 1. The highest BCUT2D eigenvalue weighted by atomic mass is 32.1. The number of anilines is 3. The Balaban J connectivity index is 1.72. The van der Waals surface area contributed by atoms with Crippen LogP contribution in [0.3, 0.4) is 0 Å². The Morgan fingerprint density at radius 3 is 2.43 bits per heavy atom. The Kier molecular flexibility index (Phi) is 4.33. The molecule has 6 nitrogen and oxygen atoms in total. The van der Waals surface area contributed by atoms with Gasteiger partial charge in [0.05, 0.1) is 7.11 Å². The minimum Gasteiger partial charge on any atom is -0.465 e. The third-order valence-electron chi connectivity index (χ3n) is 3.77. The van der Waals surface area contributed by atoms with Crippen molar-refractivity contribution in [3.8, 4) is 0 Å². The second kappa shape index (κ2) is 6.41. The number of nitrogens with two attached hydrogens (primary N) is 1. The minimum atomic E-state index is -0.421. The van der Waals surface area contributed by atoms with Crippen LogP contribution in [0.1, 0.15) is 9.67 Å². The van der Waals surface area contributed by atoms with Crippen molar-refractivity contribution in [2.45, 2.75) is 0 Å². The van der Waals surface area contributed by atoms with Gasteiger partial charge in [0.25, 0.3) is 0 Å². The summed E-state index contributed by atoms with van der Waals surface area (Å²) in [5.74, 6) is -0.0821. The van der Waals surface area contributed by atoms with E-state index in [1.165, 1.54) is 19.2 Å². The molecule has 1 aromatic heterocycles. The predicted octanol–water partition coefficient (Wildman–Crippen LogP) is 1.98. The molecule has 0 amide bonds. The largest absolute Gasteiger partial charge is 0.465 e. The Bertz CT molecular complexity index is 696. The fourth-order valence-electron chi connectivity index (χ4n) is 2.60. The first-order valence-corrected chi connectivity index (χ1v) is 8.00. The second-order valence-corrected chi connectivity index (χ2v) is 6.18. The highest BCUT2D eigenvalue weighted by molar-refractivity contribution is 7.17. The van der Waals surface area contributed by atoms with Crippen molar-refractivity contribution in [1.82, 2.24) is 4.98 Å². The number of ether oxygens (including phenoxy) is 1. The van der Waals surface area contributed by atoms with Crippen LogP contribution in [0, 0.1) is 5.82 Å². The summed E-state index contributed by atoms with van der Waals surface area (Å²) in [6.07, 6.45) is 0. The van der Waals surface area contributed by atoms with Gasteiger partial charge in [-0.1, -0.05) is 11.3 Å². The van der Waals surface area contributed by atoms with Crippen molar-refractivity contribution in [3.05, 3.63) is 35.0 Å². The predicted molar refractivity (Wildman–Crippen MR) is 88.7 cm³/mol. The van der Waals surface area contributed by atoms with E-state index in [1.54, 1.807) is 12.1 Å². The Morgan fingerprint density at radius 1 is 1.22 bits per heavy atom. The maximum absolute atomic E-state index is 13.0. The van der Waals surface area contributed by atoms with Gasteiger partial charge >= 0.3 is 5.97 Å². The number of hydrogen-bond donors (Lipinski definition) is 1. The molecule has 0 saturated carbocycles. The summed E-state index contributed by atoms with van der Waals surface area (Å²) in [6.45, 7) is 2.91. The summed E-state index contributed by atoms with van der Waals surface area (Å²) >= 11 is 1.13. The molecule has 0 bridgehead atoms. The van der Waals surface area contributed by atoms with Gasteiger partial charge in [0.15, 0.2) is 15.8 Å². The van der Waals surface area contributed by atoms with E-state index in [2.05, 4.69) is 9.88 Å². The van der Waals surface area contributed by atoms with Crippen LogP contribution in [0.25, 0.3) is 0 Å². The van der Waals surface area contributed by atoms with E-state index in [1.807, 2.05) is 4.90 Å². The highest BCUT2D eigenvalue weighted by Gasteiger charge is 2.26. The topological polar surface area (TPSA) is 71.7 Å². The van der Waals surface area contributed by atoms with Gasteiger partial charge in [-0.25, -0.2) is 14.2 Å². The first-order valence-electron chi connectivity index (χ1n) is 7.18. The number of carbonyl (C=O) groups excluding carboxylic acids is 1. The standard InChI is InChI=1S/C15H17FN4O2S/c1-22-14(21)12-13(18-15(17)23-12)20-8-6-19(7-9-20)11-4-2-10(16)3-5-11/h2-5H,6-9H2,1H3,(H2,17,18). The van der Waals surface area contributed by atoms with Crippen molar-refractivity contribution >= 4 is 33.9 Å². The summed E-state index contributed by atoms with van der Waals surface area (Å²) in [7, 11) is 1.34. The van der Waals surface area contributed by atoms with E-state index in [-0.39, 0.29) is 5.82 Å². The van der Waals surface area contributed by atoms with Crippen molar-refractivity contribution in [2.24, 2.45) is 0 Å². The Morgan fingerprint density at radius 2 is 1.83 bits per heavy atom. The molecule has 1 fully saturated rings. The van der Waals surface area contributed by atoms with Crippen LogP contribution >= 0.6 is 11.3 Å². The molecule has 1 aliphatic heterocycles. The summed E-state index contributed by atoms with van der Waals surface area (Å²) < 4.78 is 17.8. The number of piperazine rings is 1. The van der Waals surface area contributed by atoms with E-state index < -0.39 is 5.97 Å². The molecule has 1 saturated heterocycles. The van der Waals surface area contributed by atoms with Crippen LogP contribution in [-0.2, 0) is 4.74 Å². The molecule has 23 heavy (non-hydrogen) atoms. The van der Waals surface area contributed by atoms with Gasteiger partial charge in [0.2, 0.25) is 0 Å². The average molecular weight is 336 g/mol. The molecular formula is C15H17FN4O2S. The van der Waals surface area contributed by atoms with Gasteiger partial charge < -0.3 is 20.3 Å². The van der Waals surface area contributed by atoms with Crippen LogP contribution in [0.5, 0.6) is 0 Å². The van der Waals surface area contributed by atoms with Crippen LogP contribution < -0.4 is 15.5 Å². The molecular weight excluding hydrogens is 319 g/mol. The molecule has 0 unspecified atom stereocenters. The Labute approximate surface area is 137 Å². The van der Waals surface area contributed by atoms with E-state index in [9.17, 15) is 9.18 Å². The lowest BCUT2D eigenvalue weighted by atomic mass is 10.2. The van der Waals surface area contributed by atoms with Gasteiger partial charge in [-0.2, -0.15) is 0 Å². The van der Waals surface area contributed by atoms with Gasteiger partial charge in [-0.15, -0.1) is 0 Å². The summed E-state index contributed by atoms with van der Waals surface area (Å²) in [5, 5.41) is 0.348. The lowest BCUT2D eigenvalue weighted by molar-refractivity contribution is 0.0606. The number of hydrogen-bond acceptors (Lipinski definition) is 7. The fourth-order valence-corrected chi connectivity index (χ4v) is 3.37. The lowest BCUT2D eigenvalue weighted by Gasteiger charge is -2.36. The van der Waals surface area contributed by atoms with E-state index >= 15 is 0 Å². The van der Waals surface area contributed by atoms with E-state index in [0.717, 1.165) is 30.1 Å². The van der Waals surface area contributed by atoms with Crippen molar-refractivity contribution in [3.63, 3.8) is 0 Å². The zero-order valence-corrected chi connectivity index (χ0v) is 13.5. The number of aromatic nitrogens is 1. The molecule has 8 heteroatoms. The minimum absolute atomic E-state index is 0.243.